The quantitative estimate of drug-likeness (QED) is 0.752. The molecule has 1 aliphatic carbocycles. The van der Waals surface area contributed by atoms with E-state index in [-0.39, 0.29) is 0 Å². The zero-order chi connectivity index (χ0) is 14.8. The van der Waals surface area contributed by atoms with Crippen molar-refractivity contribution in [3.05, 3.63) is 35.4 Å². The van der Waals surface area contributed by atoms with Crippen molar-refractivity contribution < 1.29 is 22.7 Å². The van der Waals surface area contributed by atoms with Gasteiger partial charge in [0.25, 0.3) is 0 Å². The summed E-state index contributed by atoms with van der Waals surface area (Å²) >= 11 is 0. The van der Waals surface area contributed by atoms with Gasteiger partial charge in [-0.3, -0.25) is 4.79 Å². The molecule has 0 amide bonds. The lowest BCUT2D eigenvalue weighted by Crippen LogP contribution is -2.34. The average molecular weight is 286 g/mol. The summed E-state index contributed by atoms with van der Waals surface area (Å²) in [6.07, 6.45) is -0.137. The van der Waals surface area contributed by atoms with Crippen LogP contribution in [0, 0.1) is 0 Å². The maximum absolute atomic E-state index is 12.6. The summed E-state index contributed by atoms with van der Waals surface area (Å²) in [6.45, 7) is 1.33. The number of hydrogen-bond donors (Lipinski definition) is 0. The molecule has 0 aliphatic heterocycles. The molecule has 0 spiro atoms. The molecule has 0 heterocycles. The van der Waals surface area contributed by atoms with E-state index in [4.69, 9.17) is 4.74 Å². The summed E-state index contributed by atoms with van der Waals surface area (Å²) in [5.74, 6) is -0.396. The first kappa shape index (κ1) is 14.9. The van der Waals surface area contributed by atoms with Crippen molar-refractivity contribution in [2.24, 2.45) is 0 Å². The van der Waals surface area contributed by atoms with Crippen LogP contribution in [0.1, 0.15) is 50.2 Å². The molecule has 0 N–H and O–H groups in total. The molecule has 0 bridgehead atoms. The lowest BCUT2D eigenvalue weighted by Gasteiger charge is -2.37. The van der Waals surface area contributed by atoms with Crippen molar-refractivity contribution in [2.45, 2.75) is 50.8 Å². The van der Waals surface area contributed by atoms with Gasteiger partial charge in [-0.1, -0.05) is 18.6 Å². The number of benzene rings is 1. The van der Waals surface area contributed by atoms with Gasteiger partial charge in [-0.05, 0) is 43.4 Å². The Bertz CT molecular complexity index is 471. The normalized spacial score (nSPS) is 18.6. The fourth-order valence-electron chi connectivity index (χ4n) is 2.81. The molecule has 1 aromatic rings. The highest BCUT2D eigenvalue weighted by Crippen LogP contribution is 2.41. The van der Waals surface area contributed by atoms with Crippen LogP contribution in [0.4, 0.5) is 13.2 Å². The Morgan fingerprint density at radius 2 is 1.65 bits per heavy atom. The minimum atomic E-state index is -4.35. The number of esters is 1. The van der Waals surface area contributed by atoms with Gasteiger partial charge in [-0.15, -0.1) is 0 Å². The van der Waals surface area contributed by atoms with Crippen LogP contribution in [-0.2, 0) is 21.3 Å². The Morgan fingerprint density at radius 1 is 1.10 bits per heavy atom. The zero-order valence-corrected chi connectivity index (χ0v) is 11.3. The van der Waals surface area contributed by atoms with E-state index < -0.39 is 23.3 Å². The third kappa shape index (κ3) is 3.14. The van der Waals surface area contributed by atoms with E-state index in [1.165, 1.54) is 19.1 Å². The first-order chi connectivity index (χ1) is 9.33. The number of rotatable bonds is 2. The van der Waals surface area contributed by atoms with Crippen molar-refractivity contribution in [3.63, 3.8) is 0 Å². The van der Waals surface area contributed by atoms with Gasteiger partial charge in [0.2, 0.25) is 0 Å². The second-order valence-corrected chi connectivity index (χ2v) is 5.22. The van der Waals surface area contributed by atoms with E-state index >= 15 is 0 Å². The Hall–Kier alpha value is -1.52. The van der Waals surface area contributed by atoms with Gasteiger partial charge in [0, 0.05) is 6.92 Å². The number of ether oxygens (including phenoxy) is 1. The smallest absolute Gasteiger partial charge is 0.416 e. The number of halogens is 3. The predicted octanol–water partition coefficient (Wildman–Crippen LogP) is 4.43. The molecule has 0 aromatic heterocycles. The maximum Gasteiger partial charge on any atom is 0.416 e. The second kappa shape index (κ2) is 5.46. The van der Waals surface area contributed by atoms with Gasteiger partial charge in [-0.2, -0.15) is 13.2 Å². The number of hydrogen-bond acceptors (Lipinski definition) is 2. The highest BCUT2D eigenvalue weighted by atomic mass is 19.4. The molecule has 0 saturated heterocycles. The lowest BCUT2D eigenvalue weighted by atomic mass is 9.79. The molecule has 0 radical (unpaired) electrons. The molecule has 1 fully saturated rings. The molecular formula is C15H17F3O2. The van der Waals surface area contributed by atoms with E-state index in [1.54, 1.807) is 0 Å². The van der Waals surface area contributed by atoms with Crippen LogP contribution in [0.2, 0.25) is 0 Å². The van der Waals surface area contributed by atoms with Crippen molar-refractivity contribution in [2.75, 3.05) is 0 Å². The van der Waals surface area contributed by atoms with Crippen molar-refractivity contribution in [3.8, 4) is 0 Å². The van der Waals surface area contributed by atoms with Gasteiger partial charge in [0.1, 0.15) is 5.60 Å². The number of carbonyl (C=O) groups excluding carboxylic acids is 1. The molecule has 0 atom stereocenters. The van der Waals surface area contributed by atoms with E-state index in [9.17, 15) is 18.0 Å². The Balaban J connectivity index is 2.31. The first-order valence-electron chi connectivity index (χ1n) is 6.71. The minimum Gasteiger partial charge on any atom is -0.454 e. The van der Waals surface area contributed by atoms with Crippen LogP contribution in [0.3, 0.4) is 0 Å². The predicted molar refractivity (Wildman–Crippen MR) is 68.0 cm³/mol. The summed E-state index contributed by atoms with van der Waals surface area (Å²) in [5, 5.41) is 0. The van der Waals surface area contributed by atoms with Crippen molar-refractivity contribution >= 4 is 5.97 Å². The Labute approximate surface area is 115 Å². The second-order valence-electron chi connectivity index (χ2n) is 5.22. The van der Waals surface area contributed by atoms with Crippen LogP contribution in [0.25, 0.3) is 0 Å². The van der Waals surface area contributed by atoms with Gasteiger partial charge >= 0.3 is 12.1 Å². The molecule has 2 nitrogen and oxygen atoms in total. The van der Waals surface area contributed by atoms with Gasteiger partial charge in [-0.25, -0.2) is 0 Å². The van der Waals surface area contributed by atoms with Crippen LogP contribution in [-0.4, -0.2) is 5.97 Å². The summed E-state index contributed by atoms with van der Waals surface area (Å²) < 4.78 is 43.2. The molecule has 20 heavy (non-hydrogen) atoms. The van der Waals surface area contributed by atoms with Crippen LogP contribution >= 0.6 is 0 Å². The van der Waals surface area contributed by atoms with Gasteiger partial charge in [0.15, 0.2) is 0 Å². The van der Waals surface area contributed by atoms with Crippen LogP contribution < -0.4 is 0 Å². The third-order valence-corrected chi connectivity index (χ3v) is 3.74. The van der Waals surface area contributed by atoms with Crippen LogP contribution in [0.5, 0.6) is 0 Å². The molecule has 1 saturated carbocycles. The van der Waals surface area contributed by atoms with Crippen molar-refractivity contribution in [1.82, 2.24) is 0 Å². The standard InChI is InChI=1S/C15H17F3O2/c1-11(19)20-14(9-3-2-4-10-14)12-5-7-13(8-6-12)15(16,17)18/h5-8H,2-4,9-10H2,1H3. The molecular weight excluding hydrogens is 269 g/mol. The van der Waals surface area contributed by atoms with Crippen LogP contribution in [0.15, 0.2) is 24.3 Å². The third-order valence-electron chi connectivity index (χ3n) is 3.74. The van der Waals surface area contributed by atoms with E-state index in [0.29, 0.717) is 18.4 Å². The van der Waals surface area contributed by atoms with E-state index in [2.05, 4.69) is 0 Å². The fourth-order valence-corrected chi connectivity index (χ4v) is 2.81. The Kier molecular flexibility index (Phi) is 4.06. The lowest BCUT2D eigenvalue weighted by molar-refractivity contribution is -0.162. The molecule has 5 heteroatoms. The highest BCUT2D eigenvalue weighted by molar-refractivity contribution is 5.67. The number of alkyl halides is 3. The molecule has 110 valence electrons. The summed E-state index contributed by atoms with van der Waals surface area (Å²) in [4.78, 5) is 11.3. The summed E-state index contributed by atoms with van der Waals surface area (Å²) in [5.41, 5.74) is -0.788. The molecule has 0 unspecified atom stereocenters. The molecule has 1 aliphatic rings. The van der Waals surface area contributed by atoms with E-state index in [1.807, 2.05) is 0 Å². The number of carbonyl (C=O) groups is 1. The fraction of sp³-hybridized carbons (Fsp3) is 0.533. The topological polar surface area (TPSA) is 26.3 Å². The zero-order valence-electron chi connectivity index (χ0n) is 11.3. The van der Waals surface area contributed by atoms with E-state index in [0.717, 1.165) is 31.4 Å². The minimum absolute atomic E-state index is 0.396. The summed E-state index contributed by atoms with van der Waals surface area (Å²) in [7, 11) is 0. The largest absolute Gasteiger partial charge is 0.454 e. The van der Waals surface area contributed by atoms with Gasteiger partial charge < -0.3 is 4.74 Å². The van der Waals surface area contributed by atoms with Crippen molar-refractivity contribution in [1.29, 1.82) is 0 Å². The average Bonchev–Trinajstić information content (AvgIpc) is 2.38. The maximum atomic E-state index is 12.6. The first-order valence-corrected chi connectivity index (χ1v) is 6.71. The summed E-state index contributed by atoms with van der Waals surface area (Å²) in [6, 6.07) is 4.96. The monoisotopic (exact) mass is 286 g/mol. The Morgan fingerprint density at radius 3 is 2.10 bits per heavy atom. The molecule has 1 aromatic carbocycles. The highest BCUT2D eigenvalue weighted by Gasteiger charge is 2.38. The molecule has 2 rings (SSSR count). The SMILES string of the molecule is CC(=O)OC1(c2ccc(C(F)(F)F)cc2)CCCCC1. The van der Waals surface area contributed by atoms with Gasteiger partial charge in [0.05, 0.1) is 5.56 Å².